The minimum atomic E-state index is -0.208. The molecule has 0 bridgehead atoms. The van der Waals surface area contributed by atoms with Crippen LogP contribution in [0.3, 0.4) is 0 Å². The van der Waals surface area contributed by atoms with Gasteiger partial charge in [-0.2, -0.15) is 5.10 Å². The quantitative estimate of drug-likeness (QED) is 0.775. The first-order valence-corrected chi connectivity index (χ1v) is 5.78. The van der Waals surface area contributed by atoms with Gasteiger partial charge in [0.1, 0.15) is 5.75 Å². The van der Waals surface area contributed by atoms with E-state index in [9.17, 15) is 4.79 Å². The van der Waals surface area contributed by atoms with E-state index in [1.807, 2.05) is 24.3 Å². The van der Waals surface area contributed by atoms with E-state index in [0.29, 0.717) is 13.2 Å². The predicted molar refractivity (Wildman–Crippen MR) is 69.5 cm³/mol. The summed E-state index contributed by atoms with van der Waals surface area (Å²) >= 11 is 0. The Kier molecular flexibility index (Phi) is 4.09. The zero-order valence-electron chi connectivity index (χ0n) is 9.93. The van der Waals surface area contributed by atoms with Gasteiger partial charge in [0, 0.05) is 11.6 Å². The molecule has 5 heteroatoms. The Bertz CT molecular complexity index is 528. The number of nitrogens with one attached hydrogen (secondary N) is 1. The maximum Gasteiger partial charge on any atom is 0.264 e. The van der Waals surface area contributed by atoms with Crippen molar-refractivity contribution >= 4 is 0 Å². The van der Waals surface area contributed by atoms with Crippen molar-refractivity contribution in [2.75, 3.05) is 13.2 Å². The smallest absolute Gasteiger partial charge is 0.264 e. The van der Waals surface area contributed by atoms with Gasteiger partial charge in [0.25, 0.3) is 5.56 Å². The molecule has 3 N–H and O–H groups in total. The number of rotatable bonds is 5. The molecular weight excluding hydrogens is 230 g/mol. The number of benzene rings is 1. The van der Waals surface area contributed by atoms with E-state index in [2.05, 4.69) is 10.2 Å². The number of H-pyrrole nitrogens is 1. The average molecular weight is 245 g/mol. The van der Waals surface area contributed by atoms with Gasteiger partial charge in [0.15, 0.2) is 0 Å². The van der Waals surface area contributed by atoms with E-state index in [1.165, 1.54) is 6.07 Å². The van der Waals surface area contributed by atoms with Crippen LogP contribution in [0.1, 0.15) is 6.42 Å². The minimum Gasteiger partial charge on any atom is -0.494 e. The van der Waals surface area contributed by atoms with Crippen molar-refractivity contribution in [3.8, 4) is 17.0 Å². The van der Waals surface area contributed by atoms with Crippen molar-refractivity contribution in [1.82, 2.24) is 10.2 Å². The third-order valence-corrected chi connectivity index (χ3v) is 2.45. The predicted octanol–water partition coefficient (Wildman–Crippen LogP) is 1.16. The number of hydrogen-bond donors (Lipinski definition) is 2. The van der Waals surface area contributed by atoms with Crippen LogP contribution in [0.15, 0.2) is 41.2 Å². The Labute approximate surface area is 105 Å². The molecule has 2 rings (SSSR count). The molecule has 1 heterocycles. The lowest BCUT2D eigenvalue weighted by Gasteiger charge is -2.06. The number of ether oxygens (including phenoxy) is 1. The molecule has 94 valence electrons. The van der Waals surface area contributed by atoms with Gasteiger partial charge in [-0.1, -0.05) is 0 Å². The molecule has 5 nitrogen and oxygen atoms in total. The molecule has 0 saturated heterocycles. The summed E-state index contributed by atoms with van der Waals surface area (Å²) in [5, 5.41) is 6.36. The maximum absolute atomic E-state index is 10.9. The lowest BCUT2D eigenvalue weighted by atomic mass is 10.1. The Morgan fingerprint density at radius 1 is 1.17 bits per heavy atom. The summed E-state index contributed by atoms with van der Waals surface area (Å²) in [6, 6.07) is 10.7. The van der Waals surface area contributed by atoms with Gasteiger partial charge in [-0.15, -0.1) is 0 Å². The molecular formula is C13H15N3O2. The monoisotopic (exact) mass is 245 g/mol. The first kappa shape index (κ1) is 12.3. The zero-order chi connectivity index (χ0) is 12.8. The number of nitrogens with two attached hydrogens (primary N) is 1. The van der Waals surface area contributed by atoms with Crippen LogP contribution in [0, 0.1) is 0 Å². The van der Waals surface area contributed by atoms with Gasteiger partial charge in [-0.3, -0.25) is 4.79 Å². The second kappa shape index (κ2) is 5.97. The fourth-order valence-corrected chi connectivity index (χ4v) is 1.50. The SMILES string of the molecule is NCCCOc1ccc(-c2ccc(=O)[nH]n2)cc1. The summed E-state index contributed by atoms with van der Waals surface area (Å²) in [5.41, 5.74) is 6.83. The molecule has 0 saturated carbocycles. The van der Waals surface area contributed by atoms with Gasteiger partial charge < -0.3 is 10.5 Å². The van der Waals surface area contributed by atoms with Crippen LogP contribution in [0.2, 0.25) is 0 Å². The van der Waals surface area contributed by atoms with Gasteiger partial charge in [-0.25, -0.2) is 5.10 Å². The Morgan fingerprint density at radius 3 is 2.56 bits per heavy atom. The molecule has 1 aromatic carbocycles. The van der Waals surface area contributed by atoms with Crippen molar-refractivity contribution in [3.05, 3.63) is 46.8 Å². The first-order valence-electron chi connectivity index (χ1n) is 5.78. The average Bonchev–Trinajstić information content (AvgIpc) is 2.41. The second-order valence-corrected chi connectivity index (χ2v) is 3.82. The number of aromatic amines is 1. The molecule has 0 aliphatic rings. The highest BCUT2D eigenvalue weighted by Gasteiger charge is 2.00. The lowest BCUT2D eigenvalue weighted by molar-refractivity contribution is 0.313. The molecule has 0 unspecified atom stereocenters. The number of aromatic nitrogens is 2. The van der Waals surface area contributed by atoms with Crippen LogP contribution < -0.4 is 16.0 Å². The lowest BCUT2D eigenvalue weighted by Crippen LogP contribution is -2.06. The fourth-order valence-electron chi connectivity index (χ4n) is 1.50. The largest absolute Gasteiger partial charge is 0.494 e. The molecule has 0 atom stereocenters. The maximum atomic E-state index is 10.9. The standard InChI is InChI=1S/C13H15N3O2/c14-8-1-9-18-11-4-2-10(3-5-11)12-6-7-13(17)16-15-12/h2-7H,1,8-9,14H2,(H,16,17). The normalized spacial score (nSPS) is 10.3. The Morgan fingerprint density at radius 2 is 1.94 bits per heavy atom. The van der Waals surface area contributed by atoms with E-state index < -0.39 is 0 Å². The highest BCUT2D eigenvalue weighted by atomic mass is 16.5. The molecule has 0 fully saturated rings. The van der Waals surface area contributed by atoms with Gasteiger partial charge in [0.05, 0.1) is 12.3 Å². The fraction of sp³-hybridized carbons (Fsp3) is 0.231. The summed E-state index contributed by atoms with van der Waals surface area (Å²) in [5.74, 6) is 0.802. The minimum absolute atomic E-state index is 0.208. The van der Waals surface area contributed by atoms with Crippen LogP contribution in [-0.4, -0.2) is 23.3 Å². The zero-order valence-corrected chi connectivity index (χ0v) is 9.93. The van der Waals surface area contributed by atoms with Crippen molar-refractivity contribution in [1.29, 1.82) is 0 Å². The van der Waals surface area contributed by atoms with Crippen LogP contribution in [-0.2, 0) is 0 Å². The summed E-state index contributed by atoms with van der Waals surface area (Å²) in [6.45, 7) is 1.24. The van der Waals surface area contributed by atoms with Gasteiger partial charge in [0.2, 0.25) is 0 Å². The number of nitrogens with zero attached hydrogens (tertiary/aromatic N) is 1. The molecule has 0 spiro atoms. The highest BCUT2D eigenvalue weighted by molar-refractivity contribution is 5.59. The Hall–Kier alpha value is -2.14. The van der Waals surface area contributed by atoms with E-state index in [4.69, 9.17) is 10.5 Å². The van der Waals surface area contributed by atoms with E-state index in [1.54, 1.807) is 6.07 Å². The molecule has 0 amide bonds. The summed E-state index contributed by atoms with van der Waals surface area (Å²) in [6.07, 6.45) is 0.837. The summed E-state index contributed by atoms with van der Waals surface area (Å²) < 4.78 is 5.50. The van der Waals surface area contributed by atoms with E-state index in [0.717, 1.165) is 23.4 Å². The molecule has 0 aliphatic carbocycles. The topological polar surface area (TPSA) is 81.0 Å². The van der Waals surface area contributed by atoms with Gasteiger partial charge in [-0.05, 0) is 43.3 Å². The van der Waals surface area contributed by atoms with Crippen molar-refractivity contribution in [3.63, 3.8) is 0 Å². The summed E-state index contributed by atoms with van der Waals surface area (Å²) in [7, 11) is 0. The highest BCUT2D eigenvalue weighted by Crippen LogP contribution is 2.19. The van der Waals surface area contributed by atoms with E-state index in [-0.39, 0.29) is 5.56 Å². The second-order valence-electron chi connectivity index (χ2n) is 3.82. The third-order valence-electron chi connectivity index (χ3n) is 2.45. The van der Waals surface area contributed by atoms with Crippen LogP contribution in [0.4, 0.5) is 0 Å². The molecule has 18 heavy (non-hydrogen) atoms. The molecule has 0 aliphatic heterocycles. The van der Waals surface area contributed by atoms with E-state index >= 15 is 0 Å². The molecule has 2 aromatic rings. The molecule has 1 aromatic heterocycles. The van der Waals surface area contributed by atoms with Crippen LogP contribution >= 0.6 is 0 Å². The first-order chi connectivity index (χ1) is 8.79. The van der Waals surface area contributed by atoms with Crippen LogP contribution in [0.5, 0.6) is 5.75 Å². The number of hydrogen-bond acceptors (Lipinski definition) is 4. The molecule has 0 radical (unpaired) electrons. The van der Waals surface area contributed by atoms with Crippen molar-refractivity contribution < 1.29 is 4.74 Å². The van der Waals surface area contributed by atoms with Crippen molar-refractivity contribution in [2.24, 2.45) is 5.73 Å². The van der Waals surface area contributed by atoms with Crippen molar-refractivity contribution in [2.45, 2.75) is 6.42 Å². The van der Waals surface area contributed by atoms with Crippen LogP contribution in [0.25, 0.3) is 11.3 Å². The third kappa shape index (κ3) is 3.18. The van der Waals surface area contributed by atoms with Gasteiger partial charge >= 0.3 is 0 Å². The summed E-state index contributed by atoms with van der Waals surface area (Å²) in [4.78, 5) is 10.9. The Balaban J connectivity index is 2.07.